The van der Waals surface area contributed by atoms with Crippen molar-refractivity contribution in [3.63, 3.8) is 0 Å². The highest BCUT2D eigenvalue weighted by atomic mass is 16.4. The molecule has 108 valence electrons. The molecule has 20 heavy (non-hydrogen) atoms. The highest BCUT2D eigenvalue weighted by molar-refractivity contribution is 5.87. The minimum absolute atomic E-state index is 0.0495. The van der Waals surface area contributed by atoms with Crippen molar-refractivity contribution in [3.8, 4) is 0 Å². The predicted molar refractivity (Wildman–Crippen MR) is 75.5 cm³/mol. The molecule has 0 heterocycles. The summed E-state index contributed by atoms with van der Waals surface area (Å²) >= 11 is 0. The summed E-state index contributed by atoms with van der Waals surface area (Å²) in [5, 5.41) is 11.7. The molecule has 0 atom stereocenters. The molecule has 4 N–H and O–H groups in total. The molecule has 1 aromatic rings. The molecule has 1 fully saturated rings. The van der Waals surface area contributed by atoms with Crippen LogP contribution in [0.5, 0.6) is 0 Å². The summed E-state index contributed by atoms with van der Waals surface area (Å²) < 4.78 is 0. The number of hydrogen-bond donors (Lipinski definition) is 3. The Balaban J connectivity index is 1.81. The average Bonchev–Trinajstić information content (AvgIpc) is 2.38. The third-order valence-corrected chi connectivity index (χ3v) is 4.08. The Morgan fingerprint density at radius 2 is 1.90 bits per heavy atom. The molecule has 1 amide bonds. The van der Waals surface area contributed by atoms with E-state index >= 15 is 0 Å². The quantitative estimate of drug-likeness (QED) is 0.727. The first kappa shape index (κ1) is 14.5. The van der Waals surface area contributed by atoms with Gasteiger partial charge in [-0.25, -0.2) is 4.79 Å². The van der Waals surface area contributed by atoms with Crippen LogP contribution in [0.25, 0.3) is 0 Å². The lowest BCUT2D eigenvalue weighted by atomic mass is 9.68. The first-order valence-electron chi connectivity index (χ1n) is 6.88. The molecular formula is C15H20N2O3. The number of hydrogen-bond acceptors (Lipinski definition) is 3. The van der Waals surface area contributed by atoms with Gasteiger partial charge in [0.15, 0.2) is 0 Å². The lowest BCUT2D eigenvalue weighted by Gasteiger charge is -2.39. The predicted octanol–water partition coefficient (Wildman–Crippen LogP) is 1.17. The maximum absolute atomic E-state index is 12.0. The zero-order chi connectivity index (χ0) is 14.6. The van der Waals surface area contributed by atoms with E-state index in [-0.39, 0.29) is 16.9 Å². The maximum atomic E-state index is 12.0. The summed E-state index contributed by atoms with van der Waals surface area (Å²) in [6, 6.07) is 6.70. The molecule has 0 unspecified atom stereocenters. The van der Waals surface area contributed by atoms with E-state index in [1.54, 1.807) is 24.3 Å². The van der Waals surface area contributed by atoms with E-state index < -0.39 is 5.97 Å². The number of benzene rings is 1. The van der Waals surface area contributed by atoms with Gasteiger partial charge in [-0.2, -0.15) is 0 Å². The molecule has 0 bridgehead atoms. The van der Waals surface area contributed by atoms with Crippen molar-refractivity contribution in [3.05, 3.63) is 35.4 Å². The van der Waals surface area contributed by atoms with Gasteiger partial charge in [0.2, 0.25) is 5.91 Å². The smallest absolute Gasteiger partial charge is 0.335 e. The van der Waals surface area contributed by atoms with Crippen LogP contribution in [0, 0.1) is 5.41 Å². The SMILES string of the molecule is NCC1(C(=O)NCCc2ccc(C(=O)O)cc2)CCC1. The van der Waals surface area contributed by atoms with Crippen LogP contribution in [0.1, 0.15) is 35.2 Å². The molecule has 2 rings (SSSR count). The number of carboxylic acids is 1. The van der Waals surface area contributed by atoms with Crippen LogP contribution in [-0.4, -0.2) is 30.1 Å². The van der Waals surface area contributed by atoms with Crippen molar-refractivity contribution in [2.45, 2.75) is 25.7 Å². The van der Waals surface area contributed by atoms with E-state index in [2.05, 4.69) is 5.32 Å². The molecule has 1 saturated carbocycles. The minimum atomic E-state index is -0.931. The molecule has 0 radical (unpaired) electrons. The first-order chi connectivity index (χ1) is 9.57. The van der Waals surface area contributed by atoms with Crippen LogP contribution < -0.4 is 11.1 Å². The second-order valence-corrected chi connectivity index (χ2v) is 5.35. The van der Waals surface area contributed by atoms with Gasteiger partial charge in [0, 0.05) is 13.1 Å². The summed E-state index contributed by atoms with van der Waals surface area (Å²) in [5.74, 6) is -0.881. The van der Waals surface area contributed by atoms with Gasteiger partial charge >= 0.3 is 5.97 Å². The molecule has 5 nitrogen and oxygen atoms in total. The maximum Gasteiger partial charge on any atom is 0.335 e. The summed E-state index contributed by atoms with van der Waals surface area (Å²) in [5.41, 5.74) is 6.62. The van der Waals surface area contributed by atoms with Crippen molar-refractivity contribution in [1.82, 2.24) is 5.32 Å². The summed E-state index contributed by atoms with van der Waals surface area (Å²) in [6.45, 7) is 0.957. The molecule has 0 aliphatic heterocycles. The van der Waals surface area contributed by atoms with Crippen molar-refractivity contribution < 1.29 is 14.7 Å². The number of aromatic carboxylic acids is 1. The second-order valence-electron chi connectivity index (χ2n) is 5.35. The van der Waals surface area contributed by atoms with Crippen LogP contribution >= 0.6 is 0 Å². The van der Waals surface area contributed by atoms with Gasteiger partial charge in [0.05, 0.1) is 11.0 Å². The fraction of sp³-hybridized carbons (Fsp3) is 0.467. The summed E-state index contributed by atoms with van der Waals surface area (Å²) in [6.07, 6.45) is 3.51. The monoisotopic (exact) mass is 276 g/mol. The Morgan fingerprint density at radius 3 is 2.35 bits per heavy atom. The zero-order valence-electron chi connectivity index (χ0n) is 11.4. The zero-order valence-corrected chi connectivity index (χ0v) is 11.4. The number of amides is 1. The normalized spacial score (nSPS) is 16.2. The van der Waals surface area contributed by atoms with Gasteiger partial charge in [-0.1, -0.05) is 18.6 Å². The van der Waals surface area contributed by atoms with Crippen LogP contribution in [0.4, 0.5) is 0 Å². The third kappa shape index (κ3) is 2.99. The van der Waals surface area contributed by atoms with Crippen LogP contribution in [-0.2, 0) is 11.2 Å². The molecule has 0 aromatic heterocycles. The topological polar surface area (TPSA) is 92.4 Å². The number of rotatable bonds is 6. The van der Waals surface area contributed by atoms with Gasteiger partial charge in [0.1, 0.15) is 0 Å². The Morgan fingerprint density at radius 1 is 1.25 bits per heavy atom. The first-order valence-corrected chi connectivity index (χ1v) is 6.88. The van der Waals surface area contributed by atoms with E-state index in [4.69, 9.17) is 10.8 Å². The fourth-order valence-corrected chi connectivity index (χ4v) is 2.45. The second kappa shape index (κ2) is 6.05. The Hall–Kier alpha value is -1.88. The highest BCUT2D eigenvalue weighted by Gasteiger charge is 2.42. The van der Waals surface area contributed by atoms with Gasteiger partial charge in [0.25, 0.3) is 0 Å². The van der Waals surface area contributed by atoms with Gasteiger partial charge in [-0.05, 0) is 37.0 Å². The lowest BCUT2D eigenvalue weighted by Crippen LogP contribution is -2.50. The van der Waals surface area contributed by atoms with Crippen LogP contribution in [0.3, 0.4) is 0 Å². The highest BCUT2D eigenvalue weighted by Crippen LogP contribution is 2.39. The number of carbonyl (C=O) groups is 2. The molecule has 1 aliphatic rings. The Bertz CT molecular complexity index is 487. The van der Waals surface area contributed by atoms with E-state index in [9.17, 15) is 9.59 Å². The summed E-state index contributed by atoms with van der Waals surface area (Å²) in [7, 11) is 0. The van der Waals surface area contributed by atoms with Gasteiger partial charge in [-0.15, -0.1) is 0 Å². The standard InChI is InChI=1S/C15H20N2O3/c16-10-15(7-1-8-15)14(20)17-9-6-11-2-4-12(5-3-11)13(18)19/h2-5H,1,6-10,16H2,(H,17,20)(H,18,19). The number of nitrogens with one attached hydrogen (secondary N) is 1. The van der Waals surface area contributed by atoms with Gasteiger partial charge < -0.3 is 16.2 Å². The number of nitrogens with two attached hydrogens (primary N) is 1. The van der Waals surface area contributed by atoms with E-state index in [1.807, 2.05) is 0 Å². The van der Waals surface area contributed by atoms with Crippen molar-refractivity contribution in [2.75, 3.05) is 13.1 Å². The minimum Gasteiger partial charge on any atom is -0.478 e. The fourth-order valence-electron chi connectivity index (χ4n) is 2.45. The third-order valence-electron chi connectivity index (χ3n) is 4.08. The number of carboxylic acid groups (broad SMARTS) is 1. The molecule has 0 spiro atoms. The molecule has 5 heteroatoms. The average molecular weight is 276 g/mol. The van der Waals surface area contributed by atoms with Crippen LogP contribution in [0.15, 0.2) is 24.3 Å². The van der Waals surface area contributed by atoms with E-state index in [0.717, 1.165) is 24.8 Å². The van der Waals surface area contributed by atoms with Crippen LogP contribution in [0.2, 0.25) is 0 Å². The Labute approximate surface area is 118 Å². The van der Waals surface area contributed by atoms with Crippen molar-refractivity contribution in [1.29, 1.82) is 0 Å². The Kier molecular flexibility index (Phi) is 4.39. The van der Waals surface area contributed by atoms with E-state index in [0.29, 0.717) is 19.5 Å². The largest absolute Gasteiger partial charge is 0.478 e. The van der Waals surface area contributed by atoms with Crippen molar-refractivity contribution in [2.24, 2.45) is 11.1 Å². The molecule has 0 saturated heterocycles. The number of carbonyl (C=O) groups excluding carboxylic acids is 1. The molecule has 1 aromatic carbocycles. The molecular weight excluding hydrogens is 256 g/mol. The van der Waals surface area contributed by atoms with Crippen molar-refractivity contribution >= 4 is 11.9 Å². The van der Waals surface area contributed by atoms with Gasteiger partial charge in [-0.3, -0.25) is 4.79 Å². The summed E-state index contributed by atoms with van der Waals surface area (Å²) in [4.78, 5) is 22.8. The lowest BCUT2D eigenvalue weighted by molar-refractivity contribution is -0.135. The molecule has 1 aliphatic carbocycles. The van der Waals surface area contributed by atoms with E-state index in [1.165, 1.54) is 0 Å².